The number of nitrogens with one attached hydrogen (secondary N) is 1. The van der Waals surface area contributed by atoms with Crippen LogP contribution in [0.25, 0.3) is 0 Å². The molecule has 0 aliphatic rings. The highest BCUT2D eigenvalue weighted by Gasteiger charge is 2.23. The van der Waals surface area contributed by atoms with Crippen LogP contribution in [0.1, 0.15) is 18.9 Å². The van der Waals surface area contributed by atoms with E-state index in [-0.39, 0.29) is 17.8 Å². The molecule has 96 valence electrons. The Morgan fingerprint density at radius 1 is 1.47 bits per heavy atom. The van der Waals surface area contributed by atoms with E-state index in [0.29, 0.717) is 6.42 Å². The maximum Gasteiger partial charge on any atom is 0.236 e. The van der Waals surface area contributed by atoms with Crippen molar-refractivity contribution >= 4 is 15.7 Å². The topological polar surface area (TPSA) is 72.2 Å². The highest BCUT2D eigenvalue weighted by molar-refractivity contribution is 7.93. The molecule has 0 saturated carbocycles. The van der Waals surface area contributed by atoms with E-state index in [1.165, 1.54) is 25.1 Å². The Bertz CT molecular complexity index is 484. The van der Waals surface area contributed by atoms with Crippen molar-refractivity contribution in [2.24, 2.45) is 5.73 Å². The zero-order valence-corrected chi connectivity index (χ0v) is 10.7. The number of nitrogens with two attached hydrogens (primary N) is 1. The molecule has 1 aromatic carbocycles. The molecule has 0 amide bonds. The monoisotopic (exact) mass is 260 g/mol. The van der Waals surface area contributed by atoms with Crippen molar-refractivity contribution in [2.45, 2.75) is 25.5 Å². The second-order valence-electron chi connectivity index (χ2n) is 3.83. The van der Waals surface area contributed by atoms with Gasteiger partial charge in [0, 0.05) is 12.1 Å². The molecule has 0 bridgehead atoms. The molecule has 3 N–H and O–H groups in total. The van der Waals surface area contributed by atoms with Crippen molar-refractivity contribution in [1.82, 2.24) is 0 Å². The summed E-state index contributed by atoms with van der Waals surface area (Å²) in [6, 6.07) is 4.27. The summed E-state index contributed by atoms with van der Waals surface area (Å²) in [5.41, 5.74) is 5.94. The maximum absolute atomic E-state index is 13.3. The molecule has 0 aliphatic carbocycles. The van der Waals surface area contributed by atoms with E-state index in [0.717, 1.165) is 0 Å². The number of anilines is 1. The Morgan fingerprint density at radius 2 is 2.12 bits per heavy atom. The predicted molar refractivity (Wildman–Crippen MR) is 66.8 cm³/mol. The molecule has 0 radical (unpaired) electrons. The van der Waals surface area contributed by atoms with Crippen LogP contribution in [0.2, 0.25) is 0 Å². The van der Waals surface area contributed by atoms with Crippen LogP contribution < -0.4 is 10.5 Å². The van der Waals surface area contributed by atoms with Crippen LogP contribution in [0.3, 0.4) is 0 Å². The van der Waals surface area contributed by atoms with Gasteiger partial charge in [0.05, 0.1) is 10.9 Å². The third kappa shape index (κ3) is 3.17. The molecule has 6 heteroatoms. The third-order valence-electron chi connectivity index (χ3n) is 2.68. The molecular weight excluding hydrogens is 243 g/mol. The van der Waals surface area contributed by atoms with Gasteiger partial charge in [0.1, 0.15) is 5.82 Å². The van der Waals surface area contributed by atoms with Gasteiger partial charge in [-0.15, -0.1) is 0 Å². The molecule has 0 aliphatic heterocycles. The van der Waals surface area contributed by atoms with E-state index >= 15 is 0 Å². The first-order valence-corrected chi connectivity index (χ1v) is 6.93. The zero-order chi connectivity index (χ0) is 13.1. The summed E-state index contributed by atoms with van der Waals surface area (Å²) < 4.78 is 39.5. The molecule has 0 fully saturated rings. The molecule has 4 nitrogen and oxygen atoms in total. The SMILES string of the molecule is CCC(CN)S(=O)(=O)Nc1cccc(F)c1C. The summed E-state index contributed by atoms with van der Waals surface area (Å²) in [6.07, 6.45) is 0.417. The summed E-state index contributed by atoms with van der Waals surface area (Å²) in [7, 11) is -3.56. The number of rotatable bonds is 5. The number of halogens is 1. The van der Waals surface area contributed by atoms with Crippen LogP contribution in [0.5, 0.6) is 0 Å². The second kappa shape index (κ2) is 5.46. The number of benzene rings is 1. The molecule has 0 aromatic heterocycles. The van der Waals surface area contributed by atoms with Gasteiger partial charge in [0.15, 0.2) is 0 Å². The van der Waals surface area contributed by atoms with E-state index in [1.807, 2.05) is 0 Å². The lowest BCUT2D eigenvalue weighted by molar-refractivity contribution is 0.581. The van der Waals surface area contributed by atoms with Crippen LogP contribution in [0.15, 0.2) is 18.2 Å². The number of hydrogen-bond donors (Lipinski definition) is 2. The molecular formula is C11H17FN2O2S. The molecule has 0 heterocycles. The van der Waals surface area contributed by atoms with E-state index in [2.05, 4.69) is 4.72 Å². The van der Waals surface area contributed by atoms with Gasteiger partial charge in [-0.25, -0.2) is 12.8 Å². The first kappa shape index (κ1) is 13.9. The smallest absolute Gasteiger partial charge is 0.236 e. The Labute approximate surface area is 101 Å². The summed E-state index contributed by atoms with van der Waals surface area (Å²) in [5.74, 6) is -0.439. The first-order valence-electron chi connectivity index (χ1n) is 5.39. The van der Waals surface area contributed by atoms with Crippen LogP contribution in [-0.4, -0.2) is 20.2 Å². The van der Waals surface area contributed by atoms with Crippen LogP contribution in [-0.2, 0) is 10.0 Å². The Balaban J connectivity index is 3.02. The largest absolute Gasteiger partial charge is 0.329 e. The van der Waals surface area contributed by atoms with E-state index < -0.39 is 21.1 Å². The molecule has 1 atom stereocenters. The normalized spacial score (nSPS) is 13.4. The summed E-state index contributed by atoms with van der Waals surface area (Å²) >= 11 is 0. The van der Waals surface area contributed by atoms with Gasteiger partial charge >= 0.3 is 0 Å². The van der Waals surface area contributed by atoms with Gasteiger partial charge < -0.3 is 5.73 Å². The molecule has 1 unspecified atom stereocenters. The van der Waals surface area contributed by atoms with Gasteiger partial charge in [0.2, 0.25) is 10.0 Å². The van der Waals surface area contributed by atoms with Crippen molar-refractivity contribution < 1.29 is 12.8 Å². The lowest BCUT2D eigenvalue weighted by atomic mass is 10.2. The molecule has 0 spiro atoms. The standard InChI is InChI=1S/C11H17FN2O2S/c1-3-9(7-13)17(15,16)14-11-6-4-5-10(12)8(11)2/h4-6,9,14H,3,7,13H2,1-2H3. The number of sulfonamides is 1. The predicted octanol–water partition coefficient (Wildman–Crippen LogP) is 1.61. The van der Waals surface area contributed by atoms with Gasteiger partial charge in [-0.3, -0.25) is 4.72 Å². The fraction of sp³-hybridized carbons (Fsp3) is 0.455. The van der Waals surface area contributed by atoms with E-state index in [9.17, 15) is 12.8 Å². The lowest BCUT2D eigenvalue weighted by Gasteiger charge is -2.16. The molecule has 1 rings (SSSR count). The van der Waals surface area contributed by atoms with Crippen molar-refractivity contribution in [2.75, 3.05) is 11.3 Å². The van der Waals surface area contributed by atoms with Crippen molar-refractivity contribution in [3.63, 3.8) is 0 Å². The van der Waals surface area contributed by atoms with Crippen LogP contribution in [0.4, 0.5) is 10.1 Å². The highest BCUT2D eigenvalue weighted by Crippen LogP contribution is 2.20. The number of hydrogen-bond acceptors (Lipinski definition) is 3. The molecule has 17 heavy (non-hydrogen) atoms. The quantitative estimate of drug-likeness (QED) is 0.845. The molecule has 0 saturated heterocycles. The fourth-order valence-electron chi connectivity index (χ4n) is 1.47. The van der Waals surface area contributed by atoms with Crippen molar-refractivity contribution in [3.8, 4) is 0 Å². The minimum Gasteiger partial charge on any atom is -0.329 e. The summed E-state index contributed by atoms with van der Waals surface area (Å²) in [5, 5.41) is -0.662. The third-order valence-corrected chi connectivity index (χ3v) is 4.58. The Hall–Kier alpha value is -1.14. The summed E-state index contributed by atoms with van der Waals surface area (Å²) in [4.78, 5) is 0. The van der Waals surface area contributed by atoms with Crippen LogP contribution in [0, 0.1) is 12.7 Å². The molecule has 1 aromatic rings. The Kier molecular flexibility index (Phi) is 4.47. The average Bonchev–Trinajstić information content (AvgIpc) is 2.26. The van der Waals surface area contributed by atoms with E-state index in [1.54, 1.807) is 6.92 Å². The fourth-order valence-corrected chi connectivity index (χ4v) is 2.85. The minimum absolute atomic E-state index is 0.0419. The van der Waals surface area contributed by atoms with Gasteiger partial charge in [-0.2, -0.15) is 0 Å². The lowest BCUT2D eigenvalue weighted by Crippen LogP contribution is -2.33. The summed E-state index contributed by atoms with van der Waals surface area (Å²) in [6.45, 7) is 3.31. The van der Waals surface area contributed by atoms with Gasteiger partial charge in [0.25, 0.3) is 0 Å². The highest BCUT2D eigenvalue weighted by atomic mass is 32.2. The van der Waals surface area contributed by atoms with E-state index in [4.69, 9.17) is 5.73 Å². The Morgan fingerprint density at radius 3 is 2.65 bits per heavy atom. The van der Waals surface area contributed by atoms with Gasteiger partial charge in [-0.1, -0.05) is 13.0 Å². The van der Waals surface area contributed by atoms with Crippen LogP contribution >= 0.6 is 0 Å². The average molecular weight is 260 g/mol. The first-order chi connectivity index (χ1) is 7.92. The van der Waals surface area contributed by atoms with Crippen molar-refractivity contribution in [1.29, 1.82) is 0 Å². The minimum atomic E-state index is -3.56. The van der Waals surface area contributed by atoms with Gasteiger partial charge in [-0.05, 0) is 25.5 Å². The van der Waals surface area contributed by atoms with Crippen molar-refractivity contribution in [3.05, 3.63) is 29.6 Å². The second-order valence-corrected chi connectivity index (χ2v) is 5.79. The zero-order valence-electron chi connectivity index (χ0n) is 9.90. The maximum atomic E-state index is 13.3.